The van der Waals surface area contributed by atoms with Gasteiger partial charge >= 0.3 is 0 Å². The normalized spacial score (nSPS) is 10.2. The largest absolute Gasteiger partial charge is 0.325 e. The fourth-order valence-corrected chi connectivity index (χ4v) is 1.94. The van der Waals surface area contributed by atoms with Gasteiger partial charge in [0.1, 0.15) is 0 Å². The summed E-state index contributed by atoms with van der Waals surface area (Å²) in [6.45, 7) is 3.71. The molecule has 0 aliphatic carbocycles. The lowest BCUT2D eigenvalue weighted by Gasteiger charge is -2.11. The number of anilines is 1. The summed E-state index contributed by atoms with van der Waals surface area (Å²) in [6, 6.07) is 11.6. The molecule has 20 heavy (non-hydrogen) atoms. The summed E-state index contributed by atoms with van der Waals surface area (Å²) in [5, 5.41) is 6.23. The zero-order chi connectivity index (χ0) is 14.2. The summed E-state index contributed by atoms with van der Waals surface area (Å²) in [5.41, 5.74) is 2.87. The van der Waals surface area contributed by atoms with Gasteiger partial charge in [-0.05, 0) is 29.8 Å². The molecule has 1 amide bonds. The van der Waals surface area contributed by atoms with Crippen LogP contribution in [-0.4, -0.2) is 17.4 Å². The predicted molar refractivity (Wildman–Crippen MR) is 80.4 cm³/mol. The smallest absolute Gasteiger partial charge is 0.228 e. The number of hydrogen-bond donors (Lipinski definition) is 2. The summed E-state index contributed by atoms with van der Waals surface area (Å²) in [7, 11) is 0. The molecule has 4 heteroatoms. The first-order valence-electron chi connectivity index (χ1n) is 6.77. The van der Waals surface area contributed by atoms with E-state index in [1.807, 2.05) is 36.4 Å². The molecule has 104 valence electrons. The van der Waals surface area contributed by atoms with Crippen LogP contribution in [0.5, 0.6) is 0 Å². The van der Waals surface area contributed by atoms with E-state index in [-0.39, 0.29) is 5.91 Å². The van der Waals surface area contributed by atoms with Crippen molar-refractivity contribution in [1.29, 1.82) is 0 Å². The summed E-state index contributed by atoms with van der Waals surface area (Å²) in [6.07, 6.45) is 3.75. The minimum absolute atomic E-state index is 0.0260. The quantitative estimate of drug-likeness (QED) is 0.846. The van der Waals surface area contributed by atoms with E-state index in [1.165, 1.54) is 0 Å². The van der Waals surface area contributed by atoms with Crippen molar-refractivity contribution in [1.82, 2.24) is 10.3 Å². The van der Waals surface area contributed by atoms with E-state index in [2.05, 4.69) is 22.5 Å². The van der Waals surface area contributed by atoms with E-state index in [0.29, 0.717) is 6.42 Å². The topological polar surface area (TPSA) is 54.0 Å². The molecule has 0 aliphatic heterocycles. The molecule has 4 nitrogen and oxygen atoms in total. The molecule has 0 unspecified atom stereocenters. The van der Waals surface area contributed by atoms with Crippen LogP contribution < -0.4 is 10.6 Å². The average molecular weight is 269 g/mol. The Kier molecular flexibility index (Phi) is 5.26. The number of amides is 1. The molecule has 1 aromatic carbocycles. The second-order valence-corrected chi connectivity index (χ2v) is 4.52. The third kappa shape index (κ3) is 4.17. The molecule has 0 aliphatic rings. The molecule has 2 aromatic rings. The van der Waals surface area contributed by atoms with Gasteiger partial charge in [-0.1, -0.05) is 31.2 Å². The Balaban J connectivity index is 2.00. The number of carbonyl (C=O) groups is 1. The standard InChI is InChI=1S/C16H19N3O/c1-2-17-12-14-7-3-4-8-15(14)19-16(20)10-13-6-5-9-18-11-13/h3-9,11,17H,2,10,12H2,1H3,(H,19,20). The molecule has 2 rings (SSSR count). The van der Waals surface area contributed by atoms with Crippen LogP contribution in [0.3, 0.4) is 0 Å². The van der Waals surface area contributed by atoms with E-state index < -0.39 is 0 Å². The van der Waals surface area contributed by atoms with Crippen LogP contribution in [0.15, 0.2) is 48.8 Å². The molecular weight excluding hydrogens is 250 g/mol. The van der Waals surface area contributed by atoms with Gasteiger partial charge < -0.3 is 10.6 Å². The highest BCUT2D eigenvalue weighted by Gasteiger charge is 2.07. The molecule has 0 spiro atoms. The minimum atomic E-state index is -0.0260. The Bertz CT molecular complexity index is 555. The van der Waals surface area contributed by atoms with E-state index >= 15 is 0 Å². The Hall–Kier alpha value is -2.20. The number of pyridine rings is 1. The van der Waals surface area contributed by atoms with Crippen molar-refractivity contribution in [3.63, 3.8) is 0 Å². The summed E-state index contributed by atoms with van der Waals surface area (Å²) in [4.78, 5) is 16.1. The third-order valence-corrected chi connectivity index (χ3v) is 2.94. The average Bonchev–Trinajstić information content (AvgIpc) is 2.47. The van der Waals surface area contributed by atoms with Crippen molar-refractivity contribution in [3.05, 3.63) is 59.9 Å². The van der Waals surface area contributed by atoms with Gasteiger partial charge in [-0.2, -0.15) is 0 Å². The Morgan fingerprint density at radius 2 is 2.05 bits per heavy atom. The zero-order valence-corrected chi connectivity index (χ0v) is 11.6. The predicted octanol–water partition coefficient (Wildman–Crippen LogP) is 2.37. The number of hydrogen-bond acceptors (Lipinski definition) is 3. The molecule has 1 heterocycles. The van der Waals surface area contributed by atoms with Gasteiger partial charge in [-0.3, -0.25) is 9.78 Å². The number of aromatic nitrogens is 1. The van der Waals surface area contributed by atoms with Gasteiger partial charge in [0.25, 0.3) is 0 Å². The maximum atomic E-state index is 12.0. The molecule has 0 saturated carbocycles. The molecular formula is C16H19N3O. The number of rotatable bonds is 6. The van der Waals surface area contributed by atoms with Crippen molar-refractivity contribution in [2.24, 2.45) is 0 Å². The van der Waals surface area contributed by atoms with Crippen molar-refractivity contribution >= 4 is 11.6 Å². The molecule has 0 radical (unpaired) electrons. The highest BCUT2D eigenvalue weighted by Crippen LogP contribution is 2.15. The van der Waals surface area contributed by atoms with Crippen LogP contribution in [0, 0.1) is 0 Å². The molecule has 0 saturated heterocycles. The fraction of sp³-hybridized carbons (Fsp3) is 0.250. The van der Waals surface area contributed by atoms with Gasteiger partial charge in [-0.25, -0.2) is 0 Å². The van der Waals surface area contributed by atoms with Gasteiger partial charge in [0, 0.05) is 24.6 Å². The van der Waals surface area contributed by atoms with Crippen molar-refractivity contribution in [3.8, 4) is 0 Å². The number of para-hydroxylation sites is 1. The van der Waals surface area contributed by atoms with E-state index in [0.717, 1.165) is 29.9 Å². The first-order chi connectivity index (χ1) is 9.79. The van der Waals surface area contributed by atoms with Crippen molar-refractivity contribution in [2.75, 3.05) is 11.9 Å². The van der Waals surface area contributed by atoms with Crippen LogP contribution >= 0.6 is 0 Å². The Morgan fingerprint density at radius 1 is 1.20 bits per heavy atom. The second-order valence-electron chi connectivity index (χ2n) is 4.52. The van der Waals surface area contributed by atoms with Gasteiger partial charge in [-0.15, -0.1) is 0 Å². The van der Waals surface area contributed by atoms with Crippen molar-refractivity contribution in [2.45, 2.75) is 19.9 Å². The number of carbonyl (C=O) groups excluding carboxylic acids is 1. The minimum Gasteiger partial charge on any atom is -0.325 e. The van der Waals surface area contributed by atoms with E-state index in [9.17, 15) is 4.79 Å². The summed E-state index contributed by atoms with van der Waals surface area (Å²) < 4.78 is 0. The maximum Gasteiger partial charge on any atom is 0.228 e. The lowest BCUT2D eigenvalue weighted by Crippen LogP contribution is -2.18. The van der Waals surface area contributed by atoms with Crippen LogP contribution in [0.4, 0.5) is 5.69 Å². The first-order valence-corrected chi connectivity index (χ1v) is 6.77. The third-order valence-electron chi connectivity index (χ3n) is 2.94. The van der Waals surface area contributed by atoms with E-state index in [4.69, 9.17) is 0 Å². The zero-order valence-electron chi connectivity index (χ0n) is 11.6. The van der Waals surface area contributed by atoms with Crippen LogP contribution in [-0.2, 0) is 17.8 Å². The monoisotopic (exact) mass is 269 g/mol. The number of nitrogens with one attached hydrogen (secondary N) is 2. The van der Waals surface area contributed by atoms with Crippen LogP contribution in [0.25, 0.3) is 0 Å². The molecule has 1 aromatic heterocycles. The van der Waals surface area contributed by atoms with Crippen LogP contribution in [0.2, 0.25) is 0 Å². The van der Waals surface area contributed by atoms with Gasteiger partial charge in [0.05, 0.1) is 6.42 Å². The Labute approximate surface area is 119 Å². The molecule has 0 fully saturated rings. The van der Waals surface area contributed by atoms with Gasteiger partial charge in [0.2, 0.25) is 5.91 Å². The lowest BCUT2D eigenvalue weighted by atomic mass is 10.1. The summed E-state index contributed by atoms with van der Waals surface area (Å²) >= 11 is 0. The summed E-state index contributed by atoms with van der Waals surface area (Å²) in [5.74, 6) is -0.0260. The lowest BCUT2D eigenvalue weighted by molar-refractivity contribution is -0.115. The van der Waals surface area contributed by atoms with Crippen LogP contribution in [0.1, 0.15) is 18.1 Å². The highest BCUT2D eigenvalue weighted by molar-refractivity contribution is 5.92. The van der Waals surface area contributed by atoms with Gasteiger partial charge in [0.15, 0.2) is 0 Å². The first kappa shape index (κ1) is 14.2. The SMILES string of the molecule is CCNCc1ccccc1NC(=O)Cc1cccnc1. The molecule has 0 atom stereocenters. The Morgan fingerprint density at radius 3 is 2.80 bits per heavy atom. The van der Waals surface area contributed by atoms with Crippen molar-refractivity contribution < 1.29 is 4.79 Å². The second kappa shape index (κ2) is 7.40. The molecule has 2 N–H and O–H groups in total. The maximum absolute atomic E-state index is 12.0. The highest BCUT2D eigenvalue weighted by atomic mass is 16.1. The fourth-order valence-electron chi connectivity index (χ4n) is 1.94. The van der Waals surface area contributed by atoms with E-state index in [1.54, 1.807) is 12.4 Å². The number of nitrogens with zero attached hydrogens (tertiary/aromatic N) is 1. The number of benzene rings is 1. The molecule has 0 bridgehead atoms.